The van der Waals surface area contributed by atoms with Crippen molar-refractivity contribution in [3.63, 3.8) is 0 Å². The fourth-order valence-corrected chi connectivity index (χ4v) is 2.30. The van der Waals surface area contributed by atoms with Gasteiger partial charge in [-0.15, -0.1) is 0 Å². The van der Waals surface area contributed by atoms with Crippen LogP contribution < -0.4 is 5.73 Å². The van der Waals surface area contributed by atoms with Gasteiger partial charge < -0.3 is 15.2 Å². The van der Waals surface area contributed by atoms with E-state index in [0.717, 1.165) is 4.68 Å². The highest BCUT2D eigenvalue weighted by atomic mass is 35.5. The lowest BCUT2D eigenvalue weighted by Crippen LogP contribution is -2.11. The summed E-state index contributed by atoms with van der Waals surface area (Å²) in [5, 5.41) is 4.33. The standard InChI is InChI=1S/C15H17ClFN3O3/c1-4-23-15(21)9-6-12(10(17)5-8(9)2)20-14(18)13(16)11(19-20)7-22-3/h5-6H,4,7,18H2,1-3H3. The van der Waals surface area contributed by atoms with E-state index in [1.807, 2.05) is 0 Å². The number of nitrogens with zero attached hydrogens (tertiary/aromatic N) is 2. The Morgan fingerprint density at radius 2 is 2.17 bits per heavy atom. The number of aromatic nitrogens is 2. The van der Waals surface area contributed by atoms with Gasteiger partial charge in [0.1, 0.15) is 28.0 Å². The summed E-state index contributed by atoms with van der Waals surface area (Å²) in [5.74, 6) is -1.05. The summed E-state index contributed by atoms with van der Waals surface area (Å²) >= 11 is 6.08. The second kappa shape index (κ2) is 6.97. The number of ether oxygens (including phenoxy) is 2. The van der Waals surface area contributed by atoms with Gasteiger partial charge in [0, 0.05) is 7.11 Å². The number of methoxy groups -OCH3 is 1. The molecule has 0 spiro atoms. The number of hydrogen-bond acceptors (Lipinski definition) is 5. The molecule has 0 fully saturated rings. The van der Waals surface area contributed by atoms with Crippen molar-refractivity contribution in [2.24, 2.45) is 0 Å². The van der Waals surface area contributed by atoms with E-state index in [2.05, 4.69) is 5.10 Å². The average Bonchev–Trinajstić information content (AvgIpc) is 2.76. The van der Waals surface area contributed by atoms with Gasteiger partial charge in [-0.05, 0) is 31.5 Å². The van der Waals surface area contributed by atoms with Crippen LogP contribution in [0.25, 0.3) is 5.69 Å². The highest BCUT2D eigenvalue weighted by molar-refractivity contribution is 6.33. The lowest BCUT2D eigenvalue weighted by Gasteiger charge is -2.11. The predicted octanol–water partition coefficient (Wildman–Crippen LogP) is 2.88. The second-order valence-electron chi connectivity index (χ2n) is 4.83. The molecule has 0 aliphatic carbocycles. The highest BCUT2D eigenvalue weighted by Crippen LogP contribution is 2.29. The van der Waals surface area contributed by atoms with Gasteiger partial charge in [-0.3, -0.25) is 0 Å². The van der Waals surface area contributed by atoms with Crippen LogP contribution in [0.3, 0.4) is 0 Å². The number of anilines is 1. The number of aryl methyl sites for hydroxylation is 1. The summed E-state index contributed by atoms with van der Waals surface area (Å²) in [6, 6.07) is 2.57. The molecule has 0 saturated heterocycles. The van der Waals surface area contributed by atoms with Crippen LogP contribution in [0.15, 0.2) is 12.1 Å². The minimum absolute atomic E-state index is 0.0143. The van der Waals surface area contributed by atoms with E-state index in [0.29, 0.717) is 11.3 Å². The van der Waals surface area contributed by atoms with Gasteiger partial charge in [-0.1, -0.05) is 11.6 Å². The summed E-state index contributed by atoms with van der Waals surface area (Å²) in [5.41, 5.74) is 6.98. The van der Waals surface area contributed by atoms with Gasteiger partial charge in [0.2, 0.25) is 0 Å². The Morgan fingerprint density at radius 3 is 2.78 bits per heavy atom. The number of rotatable bonds is 5. The largest absolute Gasteiger partial charge is 0.462 e. The fourth-order valence-electron chi connectivity index (χ4n) is 2.12. The van der Waals surface area contributed by atoms with Crippen molar-refractivity contribution in [3.05, 3.63) is 39.8 Å². The van der Waals surface area contributed by atoms with Crippen LogP contribution in [-0.4, -0.2) is 29.5 Å². The molecule has 1 heterocycles. The maximum Gasteiger partial charge on any atom is 0.338 e. The van der Waals surface area contributed by atoms with Gasteiger partial charge in [-0.2, -0.15) is 5.10 Å². The molecule has 0 unspecified atom stereocenters. The van der Waals surface area contributed by atoms with Crippen molar-refractivity contribution in [2.75, 3.05) is 19.5 Å². The molecule has 1 aromatic heterocycles. The van der Waals surface area contributed by atoms with Crippen molar-refractivity contribution < 1.29 is 18.7 Å². The zero-order valence-corrected chi connectivity index (χ0v) is 13.8. The maximum absolute atomic E-state index is 14.3. The van der Waals surface area contributed by atoms with Crippen LogP contribution in [-0.2, 0) is 16.1 Å². The molecule has 1 aromatic carbocycles. The Kier molecular flexibility index (Phi) is 5.23. The first kappa shape index (κ1) is 17.2. The van der Waals surface area contributed by atoms with Crippen LogP contribution in [0, 0.1) is 12.7 Å². The summed E-state index contributed by atoms with van der Waals surface area (Å²) in [7, 11) is 1.48. The molecular formula is C15H17ClFN3O3. The predicted molar refractivity (Wildman–Crippen MR) is 84.4 cm³/mol. The number of esters is 1. The topological polar surface area (TPSA) is 79.4 Å². The number of hydrogen-bond donors (Lipinski definition) is 1. The molecule has 2 rings (SSSR count). The average molecular weight is 342 g/mol. The quantitative estimate of drug-likeness (QED) is 0.846. The number of nitrogens with two attached hydrogens (primary N) is 1. The first-order valence-electron chi connectivity index (χ1n) is 6.90. The molecular weight excluding hydrogens is 325 g/mol. The fraction of sp³-hybridized carbons (Fsp3) is 0.333. The Morgan fingerprint density at radius 1 is 1.48 bits per heavy atom. The first-order valence-corrected chi connectivity index (χ1v) is 7.27. The van der Waals surface area contributed by atoms with Gasteiger partial charge in [-0.25, -0.2) is 13.9 Å². The van der Waals surface area contributed by atoms with E-state index in [1.165, 1.54) is 19.2 Å². The molecule has 0 aliphatic rings. The number of carbonyl (C=O) groups excluding carboxylic acids is 1. The van der Waals surface area contributed by atoms with E-state index in [4.69, 9.17) is 26.8 Å². The number of nitrogen functional groups attached to an aromatic ring is 1. The van der Waals surface area contributed by atoms with Crippen molar-refractivity contribution in [2.45, 2.75) is 20.5 Å². The monoisotopic (exact) mass is 341 g/mol. The molecule has 2 aromatic rings. The third kappa shape index (κ3) is 3.30. The number of halogens is 2. The van der Waals surface area contributed by atoms with Gasteiger partial charge in [0.15, 0.2) is 0 Å². The second-order valence-corrected chi connectivity index (χ2v) is 5.21. The molecule has 0 aliphatic heterocycles. The normalized spacial score (nSPS) is 10.8. The Hall–Kier alpha value is -2.12. The molecule has 124 valence electrons. The van der Waals surface area contributed by atoms with Gasteiger partial charge in [0.25, 0.3) is 0 Å². The van der Waals surface area contributed by atoms with Crippen LogP contribution >= 0.6 is 11.6 Å². The van der Waals surface area contributed by atoms with Crippen molar-refractivity contribution in [1.82, 2.24) is 9.78 Å². The maximum atomic E-state index is 14.3. The number of carbonyl (C=O) groups is 1. The molecule has 0 atom stereocenters. The van der Waals surface area contributed by atoms with E-state index in [9.17, 15) is 9.18 Å². The molecule has 0 saturated carbocycles. The minimum atomic E-state index is -0.578. The molecule has 8 heteroatoms. The number of benzene rings is 1. The summed E-state index contributed by atoms with van der Waals surface area (Å²) in [6.07, 6.45) is 0. The van der Waals surface area contributed by atoms with Crippen LogP contribution in [0.4, 0.5) is 10.2 Å². The molecule has 0 bridgehead atoms. The summed E-state index contributed by atoms with van der Waals surface area (Å²) < 4.78 is 25.4. The smallest absolute Gasteiger partial charge is 0.338 e. The highest BCUT2D eigenvalue weighted by Gasteiger charge is 2.20. The molecule has 23 heavy (non-hydrogen) atoms. The van der Waals surface area contributed by atoms with Gasteiger partial charge >= 0.3 is 5.97 Å². The van der Waals surface area contributed by atoms with E-state index in [1.54, 1.807) is 13.8 Å². The van der Waals surface area contributed by atoms with E-state index in [-0.39, 0.29) is 35.3 Å². The van der Waals surface area contributed by atoms with Gasteiger partial charge in [0.05, 0.1) is 18.8 Å². The zero-order chi connectivity index (χ0) is 17.1. The molecule has 0 amide bonds. The Bertz CT molecular complexity index is 746. The SMILES string of the molecule is CCOC(=O)c1cc(-n2nc(COC)c(Cl)c2N)c(F)cc1C. The van der Waals surface area contributed by atoms with Crippen LogP contribution in [0.5, 0.6) is 0 Å². The molecule has 2 N–H and O–H groups in total. The third-order valence-electron chi connectivity index (χ3n) is 3.23. The minimum Gasteiger partial charge on any atom is -0.462 e. The third-order valence-corrected chi connectivity index (χ3v) is 3.64. The molecule has 0 radical (unpaired) electrons. The van der Waals surface area contributed by atoms with Crippen LogP contribution in [0.1, 0.15) is 28.5 Å². The Labute approximate surface area is 137 Å². The van der Waals surface area contributed by atoms with Crippen molar-refractivity contribution in [3.8, 4) is 5.69 Å². The summed E-state index contributed by atoms with van der Waals surface area (Å²) in [4.78, 5) is 12.0. The zero-order valence-electron chi connectivity index (χ0n) is 13.0. The lowest BCUT2D eigenvalue weighted by molar-refractivity contribution is 0.0525. The first-order chi connectivity index (χ1) is 10.9. The molecule has 6 nitrogen and oxygen atoms in total. The Balaban J connectivity index is 2.57. The van der Waals surface area contributed by atoms with Crippen molar-refractivity contribution in [1.29, 1.82) is 0 Å². The van der Waals surface area contributed by atoms with E-state index >= 15 is 0 Å². The van der Waals surface area contributed by atoms with Crippen LogP contribution in [0.2, 0.25) is 5.02 Å². The summed E-state index contributed by atoms with van der Waals surface area (Å²) in [6.45, 7) is 3.67. The van der Waals surface area contributed by atoms with E-state index < -0.39 is 11.8 Å². The lowest BCUT2D eigenvalue weighted by atomic mass is 10.1. The van der Waals surface area contributed by atoms with Crippen molar-refractivity contribution >= 4 is 23.4 Å².